The molecule has 6 nitrogen and oxygen atoms in total. The van der Waals surface area contributed by atoms with E-state index in [0.717, 1.165) is 23.6 Å². The Hall–Kier alpha value is -4.00. The molecule has 0 spiro atoms. The van der Waals surface area contributed by atoms with Gasteiger partial charge < -0.3 is 9.52 Å². The van der Waals surface area contributed by atoms with Crippen molar-refractivity contribution in [2.24, 2.45) is 0 Å². The molecule has 2 aromatic carbocycles. The fourth-order valence-corrected chi connectivity index (χ4v) is 3.25. The van der Waals surface area contributed by atoms with Crippen molar-refractivity contribution in [1.29, 1.82) is 0 Å². The van der Waals surface area contributed by atoms with Crippen LogP contribution in [0.5, 0.6) is 0 Å². The standard InChI is InChI=1S/C24H20FN3O3/c25-19-10-7-17(8-11-19)12-22-18(9-6-16-4-2-1-3-5-16)13-23(31-22)20(29)14-21(30)24-26-15-27-28-24/h1-5,7-8,10-11,13-15,30H,6,9,12H2,(H,26,27,28). The van der Waals surface area contributed by atoms with Crippen LogP contribution in [0.15, 0.2) is 77.5 Å². The van der Waals surface area contributed by atoms with Gasteiger partial charge in [-0.25, -0.2) is 9.37 Å². The SMILES string of the molecule is O=C(C=C(O)c1nc[nH]n1)c1cc(CCc2ccccc2)c(Cc2ccc(F)cc2)o1. The van der Waals surface area contributed by atoms with Crippen LogP contribution in [-0.2, 0) is 19.3 Å². The van der Waals surface area contributed by atoms with Gasteiger partial charge in [-0.1, -0.05) is 42.5 Å². The average Bonchev–Trinajstić information content (AvgIpc) is 3.45. The van der Waals surface area contributed by atoms with E-state index in [0.29, 0.717) is 18.6 Å². The molecule has 2 N–H and O–H groups in total. The van der Waals surface area contributed by atoms with E-state index in [2.05, 4.69) is 15.2 Å². The zero-order chi connectivity index (χ0) is 21.6. The number of nitrogens with one attached hydrogen (secondary N) is 1. The smallest absolute Gasteiger partial charge is 0.224 e. The largest absolute Gasteiger partial charge is 0.504 e. The second kappa shape index (κ2) is 9.21. The second-order valence-corrected chi connectivity index (χ2v) is 7.06. The van der Waals surface area contributed by atoms with E-state index >= 15 is 0 Å². The third-order valence-corrected chi connectivity index (χ3v) is 4.86. The molecule has 0 aliphatic carbocycles. The van der Waals surface area contributed by atoms with Crippen LogP contribution in [-0.4, -0.2) is 26.1 Å². The number of halogens is 1. The van der Waals surface area contributed by atoms with Crippen LogP contribution in [0.4, 0.5) is 4.39 Å². The van der Waals surface area contributed by atoms with E-state index < -0.39 is 5.78 Å². The van der Waals surface area contributed by atoms with Crippen LogP contribution >= 0.6 is 0 Å². The molecule has 7 heteroatoms. The minimum Gasteiger partial charge on any atom is -0.504 e. The first kappa shape index (κ1) is 20.3. The van der Waals surface area contributed by atoms with E-state index in [9.17, 15) is 14.3 Å². The highest BCUT2D eigenvalue weighted by Crippen LogP contribution is 2.23. The Bertz CT molecular complexity index is 1180. The highest BCUT2D eigenvalue weighted by Gasteiger charge is 2.18. The number of aromatic nitrogens is 3. The number of carbonyl (C=O) groups is 1. The third-order valence-electron chi connectivity index (χ3n) is 4.86. The monoisotopic (exact) mass is 417 g/mol. The Kier molecular flexibility index (Phi) is 6.03. The predicted molar refractivity (Wildman–Crippen MR) is 113 cm³/mol. The number of furan rings is 1. The lowest BCUT2D eigenvalue weighted by Crippen LogP contribution is -1.96. The quantitative estimate of drug-likeness (QED) is 0.246. The number of benzene rings is 2. The van der Waals surface area contributed by atoms with Gasteiger partial charge in [0, 0.05) is 12.5 Å². The number of aromatic amines is 1. The molecule has 0 atom stereocenters. The van der Waals surface area contributed by atoms with Crippen LogP contribution in [0, 0.1) is 5.82 Å². The Balaban J connectivity index is 1.59. The van der Waals surface area contributed by atoms with E-state index in [4.69, 9.17) is 4.42 Å². The summed E-state index contributed by atoms with van der Waals surface area (Å²) in [7, 11) is 0. The number of hydrogen-bond donors (Lipinski definition) is 2. The van der Waals surface area contributed by atoms with E-state index in [1.165, 1.54) is 24.0 Å². The molecular formula is C24H20FN3O3. The van der Waals surface area contributed by atoms with Crippen molar-refractivity contribution >= 4 is 11.5 Å². The number of H-pyrrole nitrogens is 1. The minimum absolute atomic E-state index is 0.0238. The van der Waals surface area contributed by atoms with E-state index in [-0.39, 0.29) is 23.2 Å². The van der Waals surface area contributed by atoms with Gasteiger partial charge in [-0.15, -0.1) is 0 Å². The number of ketones is 1. The van der Waals surface area contributed by atoms with Crippen LogP contribution < -0.4 is 0 Å². The topological polar surface area (TPSA) is 92.0 Å². The zero-order valence-corrected chi connectivity index (χ0v) is 16.6. The Morgan fingerprint density at radius 3 is 2.55 bits per heavy atom. The molecule has 31 heavy (non-hydrogen) atoms. The highest BCUT2D eigenvalue weighted by molar-refractivity contribution is 6.05. The van der Waals surface area contributed by atoms with Gasteiger partial charge in [0.1, 0.15) is 17.9 Å². The molecule has 2 heterocycles. The number of hydrogen-bond acceptors (Lipinski definition) is 5. The van der Waals surface area contributed by atoms with Gasteiger partial charge >= 0.3 is 0 Å². The summed E-state index contributed by atoms with van der Waals surface area (Å²) in [4.78, 5) is 16.5. The molecule has 0 unspecified atom stereocenters. The number of aliphatic hydroxyl groups excluding tert-OH is 1. The lowest BCUT2D eigenvalue weighted by Gasteiger charge is -2.04. The molecular weight excluding hydrogens is 397 g/mol. The van der Waals surface area contributed by atoms with Crippen LogP contribution in [0.1, 0.15) is 38.8 Å². The van der Waals surface area contributed by atoms with Crippen LogP contribution in [0.25, 0.3) is 5.76 Å². The van der Waals surface area contributed by atoms with E-state index in [1.807, 2.05) is 30.3 Å². The molecule has 4 aromatic rings. The number of carbonyl (C=O) groups excluding carboxylic acids is 1. The van der Waals surface area contributed by atoms with Gasteiger partial charge in [0.05, 0.1) is 0 Å². The molecule has 0 aliphatic rings. The zero-order valence-electron chi connectivity index (χ0n) is 16.6. The van der Waals surface area contributed by atoms with Crippen molar-refractivity contribution in [3.8, 4) is 0 Å². The number of rotatable bonds is 8. The van der Waals surface area contributed by atoms with Crippen molar-refractivity contribution in [1.82, 2.24) is 15.2 Å². The second-order valence-electron chi connectivity index (χ2n) is 7.06. The molecule has 0 radical (unpaired) electrons. The molecule has 0 amide bonds. The summed E-state index contributed by atoms with van der Waals surface area (Å²) in [5.41, 5.74) is 2.93. The number of nitrogens with zero attached hydrogens (tertiary/aromatic N) is 2. The maximum absolute atomic E-state index is 13.3. The Labute approximate surface area is 178 Å². The van der Waals surface area contributed by atoms with Gasteiger partial charge in [-0.2, -0.15) is 5.10 Å². The molecule has 4 rings (SSSR count). The summed E-state index contributed by atoms with van der Waals surface area (Å²) < 4.78 is 19.1. The summed E-state index contributed by atoms with van der Waals surface area (Å²) in [6, 6.07) is 17.9. The molecule has 0 bridgehead atoms. The molecule has 0 saturated carbocycles. The molecule has 2 aromatic heterocycles. The summed E-state index contributed by atoms with van der Waals surface area (Å²) in [6.07, 6.45) is 4.22. The predicted octanol–water partition coefficient (Wildman–Crippen LogP) is 4.69. The lowest BCUT2D eigenvalue weighted by molar-refractivity contribution is 0.101. The fraction of sp³-hybridized carbons (Fsp3) is 0.125. The van der Waals surface area contributed by atoms with Crippen molar-refractivity contribution in [3.63, 3.8) is 0 Å². The lowest BCUT2D eigenvalue weighted by atomic mass is 10.0. The van der Waals surface area contributed by atoms with Crippen molar-refractivity contribution in [3.05, 3.63) is 113 Å². The van der Waals surface area contributed by atoms with Gasteiger partial charge in [0.15, 0.2) is 11.5 Å². The number of aliphatic hydroxyl groups is 1. The maximum atomic E-state index is 13.3. The summed E-state index contributed by atoms with van der Waals surface area (Å²) in [5.74, 6) is -0.382. The van der Waals surface area contributed by atoms with Gasteiger partial charge in [0.2, 0.25) is 11.6 Å². The molecule has 0 fully saturated rings. The number of aryl methyl sites for hydroxylation is 2. The van der Waals surface area contributed by atoms with Crippen molar-refractivity contribution < 1.29 is 18.7 Å². The molecule has 156 valence electrons. The van der Waals surface area contributed by atoms with Gasteiger partial charge in [-0.05, 0) is 47.7 Å². The third kappa shape index (κ3) is 5.14. The number of allylic oxidation sites excluding steroid dienone is 1. The fourth-order valence-electron chi connectivity index (χ4n) is 3.25. The molecule has 0 aliphatic heterocycles. The minimum atomic E-state index is -0.492. The Morgan fingerprint density at radius 2 is 1.84 bits per heavy atom. The summed E-state index contributed by atoms with van der Waals surface area (Å²) >= 11 is 0. The van der Waals surface area contributed by atoms with Gasteiger partial charge in [-0.3, -0.25) is 9.89 Å². The maximum Gasteiger partial charge on any atom is 0.224 e. The first-order valence-corrected chi connectivity index (χ1v) is 9.79. The molecule has 0 saturated heterocycles. The normalized spacial score (nSPS) is 11.6. The van der Waals surface area contributed by atoms with Crippen LogP contribution in [0.2, 0.25) is 0 Å². The average molecular weight is 417 g/mol. The summed E-state index contributed by atoms with van der Waals surface area (Å²) in [6.45, 7) is 0. The van der Waals surface area contributed by atoms with Crippen molar-refractivity contribution in [2.45, 2.75) is 19.3 Å². The Morgan fingerprint density at radius 1 is 1.06 bits per heavy atom. The first-order chi connectivity index (χ1) is 15.1. The van der Waals surface area contributed by atoms with E-state index in [1.54, 1.807) is 18.2 Å². The first-order valence-electron chi connectivity index (χ1n) is 9.79. The van der Waals surface area contributed by atoms with Gasteiger partial charge in [0.25, 0.3) is 0 Å². The summed E-state index contributed by atoms with van der Waals surface area (Å²) in [5, 5.41) is 16.3. The highest BCUT2D eigenvalue weighted by atomic mass is 19.1. The van der Waals surface area contributed by atoms with Crippen molar-refractivity contribution in [2.75, 3.05) is 0 Å². The van der Waals surface area contributed by atoms with Crippen LogP contribution in [0.3, 0.4) is 0 Å².